The highest BCUT2D eigenvalue weighted by molar-refractivity contribution is 5.95. The number of carbonyl (C=O) groups is 2. The predicted molar refractivity (Wildman–Crippen MR) is 120 cm³/mol. The van der Waals surface area contributed by atoms with Crippen molar-refractivity contribution in [1.29, 1.82) is 0 Å². The van der Waals surface area contributed by atoms with E-state index in [1.807, 2.05) is 18.2 Å². The Kier molecular flexibility index (Phi) is 7.65. The van der Waals surface area contributed by atoms with Crippen molar-refractivity contribution in [2.24, 2.45) is 0 Å². The number of anilines is 1. The summed E-state index contributed by atoms with van der Waals surface area (Å²) in [6, 6.07) is 17.0. The van der Waals surface area contributed by atoms with Gasteiger partial charge in [0.15, 0.2) is 0 Å². The number of benzene rings is 2. The minimum Gasteiger partial charge on any atom is -0.444 e. The number of nitrogens with zero attached hydrogens (tertiary/aromatic N) is 1. The van der Waals surface area contributed by atoms with Gasteiger partial charge in [-0.3, -0.25) is 15.0 Å². The molecule has 3 rings (SSSR count). The standard InChI is InChI=1S/C24H31N3O4/c1-24(2,3)31-23(29)26-20-11-9-19(10-12-20)22(28)25-15-21-17-27(13-14-30-21)16-18-7-5-4-6-8-18/h4-12,21H,13-17H2,1-3H3,(H,25,28)(H,26,29)/t21-/m1/s1. The van der Waals surface area contributed by atoms with Crippen LogP contribution >= 0.6 is 0 Å². The second-order valence-electron chi connectivity index (χ2n) is 8.63. The fraction of sp³-hybridized carbons (Fsp3) is 0.417. The Hall–Kier alpha value is -2.90. The van der Waals surface area contributed by atoms with Gasteiger partial charge >= 0.3 is 6.09 Å². The molecule has 1 aliphatic rings. The predicted octanol–water partition coefficient (Wildman–Crippen LogP) is 3.66. The molecule has 2 aromatic rings. The van der Waals surface area contributed by atoms with E-state index in [0.29, 0.717) is 24.4 Å². The zero-order valence-corrected chi connectivity index (χ0v) is 18.4. The largest absolute Gasteiger partial charge is 0.444 e. The summed E-state index contributed by atoms with van der Waals surface area (Å²) < 4.78 is 11.0. The summed E-state index contributed by atoms with van der Waals surface area (Å²) in [6.07, 6.45) is -0.575. The lowest BCUT2D eigenvalue weighted by molar-refractivity contribution is -0.0292. The van der Waals surface area contributed by atoms with Crippen molar-refractivity contribution in [3.63, 3.8) is 0 Å². The van der Waals surface area contributed by atoms with Gasteiger partial charge in [-0.15, -0.1) is 0 Å². The monoisotopic (exact) mass is 425 g/mol. The molecule has 0 unspecified atom stereocenters. The van der Waals surface area contributed by atoms with Gasteiger partial charge in [0.1, 0.15) is 5.60 Å². The first-order valence-corrected chi connectivity index (χ1v) is 10.5. The van der Waals surface area contributed by atoms with Crippen LogP contribution in [-0.4, -0.2) is 54.8 Å². The third-order valence-corrected chi connectivity index (χ3v) is 4.75. The molecule has 7 nitrogen and oxygen atoms in total. The average molecular weight is 426 g/mol. The fourth-order valence-electron chi connectivity index (χ4n) is 3.32. The van der Waals surface area contributed by atoms with E-state index in [0.717, 1.165) is 19.6 Å². The Morgan fingerprint density at radius 2 is 1.81 bits per heavy atom. The number of morpholine rings is 1. The van der Waals surface area contributed by atoms with Crippen LogP contribution in [0.5, 0.6) is 0 Å². The number of carbonyl (C=O) groups excluding carboxylic acids is 2. The Morgan fingerprint density at radius 1 is 1.10 bits per heavy atom. The Bertz CT molecular complexity index is 863. The molecule has 166 valence electrons. The molecule has 0 bridgehead atoms. The molecule has 1 atom stereocenters. The van der Waals surface area contributed by atoms with Crippen LogP contribution in [0.15, 0.2) is 54.6 Å². The molecule has 1 fully saturated rings. The topological polar surface area (TPSA) is 79.9 Å². The third-order valence-electron chi connectivity index (χ3n) is 4.75. The second-order valence-corrected chi connectivity index (χ2v) is 8.63. The van der Waals surface area contributed by atoms with Crippen molar-refractivity contribution in [2.45, 2.75) is 39.0 Å². The molecular formula is C24H31N3O4. The molecule has 2 aromatic carbocycles. The van der Waals surface area contributed by atoms with Gasteiger partial charge in [0.05, 0.1) is 12.7 Å². The molecule has 7 heteroatoms. The zero-order valence-electron chi connectivity index (χ0n) is 18.4. The van der Waals surface area contributed by atoms with E-state index in [4.69, 9.17) is 9.47 Å². The Balaban J connectivity index is 1.45. The van der Waals surface area contributed by atoms with E-state index in [-0.39, 0.29) is 12.0 Å². The summed E-state index contributed by atoms with van der Waals surface area (Å²) in [5.74, 6) is -0.174. The third kappa shape index (κ3) is 7.70. The summed E-state index contributed by atoms with van der Waals surface area (Å²) >= 11 is 0. The SMILES string of the molecule is CC(C)(C)OC(=O)Nc1ccc(C(=O)NC[C@@H]2CN(Cc3ccccc3)CCO2)cc1. The van der Waals surface area contributed by atoms with Gasteiger partial charge in [-0.1, -0.05) is 30.3 Å². The molecule has 0 spiro atoms. The summed E-state index contributed by atoms with van der Waals surface area (Å²) in [6.45, 7) is 9.03. The molecule has 0 saturated carbocycles. The highest BCUT2D eigenvalue weighted by Gasteiger charge is 2.21. The first kappa shape index (κ1) is 22.8. The smallest absolute Gasteiger partial charge is 0.412 e. The first-order valence-electron chi connectivity index (χ1n) is 10.5. The lowest BCUT2D eigenvalue weighted by Crippen LogP contribution is -2.47. The van der Waals surface area contributed by atoms with Gasteiger partial charge in [0.25, 0.3) is 5.91 Å². The minimum absolute atomic E-state index is 0.0467. The Labute approximate surface area is 183 Å². The molecule has 1 heterocycles. The molecule has 1 saturated heterocycles. The van der Waals surface area contributed by atoms with Crippen LogP contribution < -0.4 is 10.6 Å². The van der Waals surface area contributed by atoms with Crippen molar-refractivity contribution >= 4 is 17.7 Å². The van der Waals surface area contributed by atoms with Crippen LogP contribution in [0.3, 0.4) is 0 Å². The minimum atomic E-state index is -0.568. The van der Waals surface area contributed by atoms with Gasteiger partial charge in [-0.2, -0.15) is 0 Å². The van der Waals surface area contributed by atoms with Gasteiger partial charge in [0, 0.05) is 37.4 Å². The van der Waals surface area contributed by atoms with Crippen molar-refractivity contribution in [3.05, 3.63) is 65.7 Å². The maximum Gasteiger partial charge on any atom is 0.412 e. The zero-order chi connectivity index (χ0) is 22.3. The van der Waals surface area contributed by atoms with E-state index in [9.17, 15) is 9.59 Å². The molecule has 2 N–H and O–H groups in total. The lowest BCUT2D eigenvalue weighted by Gasteiger charge is -2.33. The summed E-state index contributed by atoms with van der Waals surface area (Å²) in [5.41, 5.74) is 1.79. The number of ether oxygens (including phenoxy) is 2. The van der Waals surface area contributed by atoms with Crippen LogP contribution in [0.1, 0.15) is 36.7 Å². The molecular weight excluding hydrogens is 394 g/mol. The molecule has 0 aromatic heterocycles. The lowest BCUT2D eigenvalue weighted by atomic mass is 10.1. The second kappa shape index (κ2) is 10.4. The van der Waals surface area contributed by atoms with Gasteiger partial charge in [-0.25, -0.2) is 4.79 Å². The Morgan fingerprint density at radius 3 is 2.48 bits per heavy atom. The molecule has 1 aliphatic heterocycles. The summed E-state index contributed by atoms with van der Waals surface area (Å²) in [5, 5.41) is 5.60. The summed E-state index contributed by atoms with van der Waals surface area (Å²) in [4.78, 5) is 26.7. The normalized spacial score (nSPS) is 17.1. The fourth-order valence-corrected chi connectivity index (χ4v) is 3.32. The molecule has 0 radical (unpaired) electrons. The number of hydrogen-bond donors (Lipinski definition) is 2. The van der Waals surface area contributed by atoms with Crippen LogP contribution in [0.4, 0.5) is 10.5 Å². The van der Waals surface area contributed by atoms with E-state index >= 15 is 0 Å². The van der Waals surface area contributed by atoms with Crippen molar-refractivity contribution in [3.8, 4) is 0 Å². The average Bonchev–Trinajstić information content (AvgIpc) is 2.72. The van der Waals surface area contributed by atoms with Gasteiger partial charge in [0.2, 0.25) is 0 Å². The van der Waals surface area contributed by atoms with Crippen LogP contribution in [0.25, 0.3) is 0 Å². The number of nitrogens with one attached hydrogen (secondary N) is 2. The number of hydrogen-bond acceptors (Lipinski definition) is 5. The molecule has 2 amide bonds. The van der Waals surface area contributed by atoms with E-state index in [2.05, 4.69) is 27.7 Å². The van der Waals surface area contributed by atoms with Crippen LogP contribution in [0.2, 0.25) is 0 Å². The first-order chi connectivity index (χ1) is 14.8. The van der Waals surface area contributed by atoms with E-state index in [1.165, 1.54) is 5.56 Å². The summed E-state index contributed by atoms with van der Waals surface area (Å²) in [7, 11) is 0. The number of amides is 2. The maximum absolute atomic E-state index is 12.5. The molecule has 0 aliphatic carbocycles. The van der Waals surface area contributed by atoms with Gasteiger partial charge < -0.3 is 14.8 Å². The number of rotatable bonds is 6. The van der Waals surface area contributed by atoms with E-state index in [1.54, 1.807) is 45.0 Å². The van der Waals surface area contributed by atoms with Crippen LogP contribution in [0, 0.1) is 0 Å². The van der Waals surface area contributed by atoms with Crippen molar-refractivity contribution < 1.29 is 19.1 Å². The quantitative estimate of drug-likeness (QED) is 0.738. The van der Waals surface area contributed by atoms with Gasteiger partial charge in [-0.05, 0) is 50.6 Å². The maximum atomic E-state index is 12.5. The van der Waals surface area contributed by atoms with E-state index < -0.39 is 11.7 Å². The highest BCUT2D eigenvalue weighted by Crippen LogP contribution is 2.14. The van der Waals surface area contributed by atoms with Crippen molar-refractivity contribution in [2.75, 3.05) is 31.6 Å². The van der Waals surface area contributed by atoms with Crippen molar-refractivity contribution in [1.82, 2.24) is 10.2 Å². The highest BCUT2D eigenvalue weighted by atomic mass is 16.6. The van der Waals surface area contributed by atoms with Crippen LogP contribution in [-0.2, 0) is 16.0 Å². The molecule has 31 heavy (non-hydrogen) atoms.